The number of anilines is 1. The molecule has 1 aromatic heterocycles. The van der Waals surface area contributed by atoms with Gasteiger partial charge in [0.2, 0.25) is 4.77 Å². The lowest BCUT2D eigenvalue weighted by molar-refractivity contribution is 0.720. The Morgan fingerprint density at radius 3 is 2.46 bits per heavy atom. The zero-order chi connectivity index (χ0) is 17.5. The van der Waals surface area contributed by atoms with Gasteiger partial charge in [-0.1, -0.05) is 26.0 Å². The molecule has 0 fully saturated rings. The summed E-state index contributed by atoms with van der Waals surface area (Å²) >= 11 is 5.05. The van der Waals surface area contributed by atoms with Crippen molar-refractivity contribution in [1.29, 1.82) is 0 Å². The van der Waals surface area contributed by atoms with Gasteiger partial charge in [0.1, 0.15) is 5.69 Å². The molecule has 0 amide bonds. The normalized spacial score (nSPS) is 11.1. The molecule has 0 saturated carbocycles. The summed E-state index contributed by atoms with van der Waals surface area (Å²) in [6, 6.07) is 8.13. The van der Waals surface area contributed by atoms with Gasteiger partial charge in [-0.3, -0.25) is 9.89 Å². The second-order valence-electron chi connectivity index (χ2n) is 5.55. The van der Waals surface area contributed by atoms with Crippen LogP contribution >= 0.6 is 12.2 Å². The van der Waals surface area contributed by atoms with Gasteiger partial charge >= 0.3 is 0 Å². The highest BCUT2D eigenvalue weighted by Crippen LogP contribution is 2.15. The number of aromatic nitrogens is 3. The van der Waals surface area contributed by atoms with Crippen molar-refractivity contribution in [2.75, 3.05) is 18.0 Å². The Bertz CT molecular complexity index is 801. The lowest BCUT2D eigenvalue weighted by atomic mass is 10.2. The average Bonchev–Trinajstić information content (AvgIpc) is 2.59. The molecule has 0 atom stereocenters. The van der Waals surface area contributed by atoms with E-state index in [4.69, 9.17) is 12.2 Å². The number of H-pyrrole nitrogens is 1. The van der Waals surface area contributed by atoms with Gasteiger partial charge in [0.15, 0.2) is 0 Å². The Hall–Kier alpha value is -2.28. The van der Waals surface area contributed by atoms with E-state index < -0.39 is 0 Å². The van der Waals surface area contributed by atoms with Gasteiger partial charge in [-0.15, -0.1) is 0 Å². The molecule has 0 radical (unpaired) electrons. The van der Waals surface area contributed by atoms with Crippen molar-refractivity contribution in [3.63, 3.8) is 0 Å². The lowest BCUT2D eigenvalue weighted by Crippen LogP contribution is -2.24. The van der Waals surface area contributed by atoms with Crippen LogP contribution in [-0.2, 0) is 0 Å². The molecule has 1 N–H and O–H groups in total. The maximum Gasteiger partial charge on any atom is 0.296 e. The summed E-state index contributed by atoms with van der Waals surface area (Å²) in [6.07, 6.45) is 3.86. The SMILES string of the molecule is CCCN(CCC)c1ccc(/C=N\n2c(=S)[nH]nc(C)c2=O)cc1. The van der Waals surface area contributed by atoms with Crippen molar-refractivity contribution in [3.8, 4) is 0 Å². The summed E-state index contributed by atoms with van der Waals surface area (Å²) in [7, 11) is 0. The van der Waals surface area contributed by atoms with Crippen molar-refractivity contribution < 1.29 is 0 Å². The van der Waals surface area contributed by atoms with Crippen molar-refractivity contribution in [2.45, 2.75) is 33.6 Å². The van der Waals surface area contributed by atoms with Crippen molar-refractivity contribution in [1.82, 2.24) is 14.9 Å². The van der Waals surface area contributed by atoms with Crippen LogP contribution in [0, 0.1) is 11.7 Å². The first-order valence-corrected chi connectivity index (χ1v) is 8.55. The Balaban J connectivity index is 2.22. The standard InChI is InChI=1S/C17H23N5OS/c1-4-10-21(11-5-2)15-8-6-14(7-9-15)12-18-22-16(23)13(3)19-20-17(22)24/h6-9,12H,4-5,10-11H2,1-3H3,(H,20,24)/b18-12-. The molecule has 1 heterocycles. The van der Waals surface area contributed by atoms with E-state index in [0.717, 1.165) is 36.2 Å². The van der Waals surface area contributed by atoms with Crippen LogP contribution in [0.1, 0.15) is 37.9 Å². The number of rotatable bonds is 7. The molecule has 7 heteroatoms. The first-order chi connectivity index (χ1) is 11.6. The molecule has 0 aliphatic heterocycles. The summed E-state index contributed by atoms with van der Waals surface area (Å²) in [5.74, 6) is 0. The second-order valence-corrected chi connectivity index (χ2v) is 5.94. The molecule has 0 aliphatic carbocycles. The van der Waals surface area contributed by atoms with Crippen LogP contribution in [0.4, 0.5) is 5.69 Å². The molecule has 1 aromatic carbocycles. The molecule has 0 aliphatic rings. The summed E-state index contributed by atoms with van der Waals surface area (Å²) in [5, 5.41) is 10.6. The maximum absolute atomic E-state index is 12.0. The Morgan fingerprint density at radius 1 is 1.25 bits per heavy atom. The fourth-order valence-corrected chi connectivity index (χ4v) is 2.56. The van der Waals surface area contributed by atoms with Gasteiger partial charge in [-0.25, -0.2) is 0 Å². The van der Waals surface area contributed by atoms with E-state index in [1.807, 2.05) is 12.1 Å². The lowest BCUT2D eigenvalue weighted by Gasteiger charge is -2.23. The largest absolute Gasteiger partial charge is 0.372 e. The first kappa shape index (κ1) is 18.1. The molecule has 0 unspecified atom stereocenters. The number of nitrogens with one attached hydrogen (secondary N) is 1. The number of nitrogens with zero attached hydrogens (tertiary/aromatic N) is 4. The predicted molar refractivity (Wildman–Crippen MR) is 101 cm³/mol. The van der Waals surface area contributed by atoms with Crippen LogP contribution in [0.5, 0.6) is 0 Å². The van der Waals surface area contributed by atoms with Crippen LogP contribution in [0.2, 0.25) is 0 Å². The highest BCUT2D eigenvalue weighted by atomic mass is 32.1. The van der Waals surface area contributed by atoms with Gasteiger partial charge in [0, 0.05) is 18.8 Å². The summed E-state index contributed by atoms with van der Waals surface area (Å²) in [6.45, 7) is 8.07. The molecule has 2 rings (SSSR count). The predicted octanol–water partition coefficient (Wildman–Crippen LogP) is 3.12. The number of hydrogen-bond donors (Lipinski definition) is 1. The molecule has 2 aromatic rings. The molecule has 6 nitrogen and oxygen atoms in total. The van der Waals surface area contributed by atoms with Crippen molar-refractivity contribution in [3.05, 3.63) is 50.6 Å². The Kier molecular flexibility index (Phi) is 6.43. The van der Waals surface area contributed by atoms with Gasteiger partial charge in [-0.2, -0.15) is 14.9 Å². The number of aromatic amines is 1. The number of hydrogen-bond acceptors (Lipinski definition) is 5. The smallest absolute Gasteiger partial charge is 0.296 e. The minimum absolute atomic E-state index is 0.176. The Labute approximate surface area is 146 Å². The topological polar surface area (TPSA) is 66.3 Å². The van der Waals surface area contributed by atoms with Crippen LogP contribution in [0.15, 0.2) is 34.2 Å². The van der Waals surface area contributed by atoms with Crippen molar-refractivity contribution in [2.24, 2.45) is 5.10 Å². The van der Waals surface area contributed by atoms with Crippen LogP contribution in [-0.4, -0.2) is 34.2 Å². The Morgan fingerprint density at radius 2 is 1.88 bits per heavy atom. The zero-order valence-electron chi connectivity index (χ0n) is 14.3. The van der Waals surface area contributed by atoms with E-state index in [1.165, 1.54) is 5.69 Å². The minimum Gasteiger partial charge on any atom is -0.372 e. The molecule has 128 valence electrons. The molecular weight excluding hydrogens is 322 g/mol. The van der Waals surface area contributed by atoms with E-state index in [2.05, 4.69) is 46.2 Å². The molecule has 0 bridgehead atoms. The first-order valence-electron chi connectivity index (χ1n) is 8.14. The van der Waals surface area contributed by atoms with E-state index in [-0.39, 0.29) is 10.3 Å². The van der Waals surface area contributed by atoms with E-state index in [9.17, 15) is 4.79 Å². The fraction of sp³-hybridized carbons (Fsp3) is 0.412. The monoisotopic (exact) mass is 345 g/mol. The summed E-state index contributed by atoms with van der Waals surface area (Å²) in [4.78, 5) is 14.4. The third-order valence-corrected chi connectivity index (χ3v) is 3.85. The third kappa shape index (κ3) is 4.38. The molecule has 0 saturated heterocycles. The minimum atomic E-state index is -0.316. The maximum atomic E-state index is 12.0. The summed E-state index contributed by atoms with van der Waals surface area (Å²) < 4.78 is 1.32. The highest BCUT2D eigenvalue weighted by Gasteiger charge is 2.04. The zero-order valence-corrected chi connectivity index (χ0v) is 15.1. The molecule has 0 spiro atoms. The van der Waals surface area contributed by atoms with Crippen LogP contribution < -0.4 is 10.5 Å². The second kappa shape index (κ2) is 8.54. The quantitative estimate of drug-likeness (QED) is 0.618. The van der Waals surface area contributed by atoms with Gasteiger partial charge in [0.25, 0.3) is 5.56 Å². The van der Waals surface area contributed by atoms with Crippen LogP contribution in [0.25, 0.3) is 0 Å². The van der Waals surface area contributed by atoms with Gasteiger partial charge in [0.05, 0.1) is 6.21 Å². The fourth-order valence-electron chi connectivity index (χ4n) is 2.38. The third-order valence-electron chi connectivity index (χ3n) is 3.58. The number of benzene rings is 1. The number of aryl methyl sites for hydroxylation is 1. The van der Waals surface area contributed by atoms with Crippen LogP contribution in [0.3, 0.4) is 0 Å². The van der Waals surface area contributed by atoms with Gasteiger partial charge in [-0.05, 0) is 49.7 Å². The summed E-state index contributed by atoms with van der Waals surface area (Å²) in [5.41, 5.74) is 2.11. The molecular formula is C17H23N5OS. The van der Waals surface area contributed by atoms with Gasteiger partial charge < -0.3 is 4.90 Å². The van der Waals surface area contributed by atoms with Crippen molar-refractivity contribution >= 4 is 24.1 Å². The van der Waals surface area contributed by atoms with E-state index in [1.54, 1.807) is 13.1 Å². The van der Waals surface area contributed by atoms with E-state index >= 15 is 0 Å². The van der Waals surface area contributed by atoms with E-state index in [0.29, 0.717) is 5.69 Å². The average molecular weight is 345 g/mol. The molecule has 24 heavy (non-hydrogen) atoms. The highest BCUT2D eigenvalue weighted by molar-refractivity contribution is 7.71.